The van der Waals surface area contributed by atoms with Crippen molar-refractivity contribution in [3.05, 3.63) is 29.8 Å². The van der Waals surface area contributed by atoms with Crippen molar-refractivity contribution >= 4 is 28.6 Å². The predicted molar refractivity (Wildman–Crippen MR) is 117 cm³/mol. The number of carbonyl (C=O) groups excluding carboxylic acids is 1. The lowest BCUT2D eigenvalue weighted by molar-refractivity contribution is -0.139. The van der Waals surface area contributed by atoms with Gasteiger partial charge in [-0.3, -0.25) is 9.36 Å². The summed E-state index contributed by atoms with van der Waals surface area (Å²) in [6, 6.07) is 8.24. The van der Waals surface area contributed by atoms with E-state index in [-0.39, 0.29) is 24.2 Å². The van der Waals surface area contributed by atoms with Crippen LogP contribution < -0.4 is 20.5 Å². The molecule has 166 valence electrons. The monoisotopic (exact) mass is 428 g/mol. The second-order valence-electron chi connectivity index (χ2n) is 6.90. The number of fused-ring (bicyclic) bond motifs is 1. The zero-order chi connectivity index (χ0) is 22.2. The molecule has 0 aliphatic rings. The number of nitrogens with two attached hydrogens (primary N) is 1. The number of nitrogens with zero attached hydrogens (tertiary/aromatic N) is 4. The fourth-order valence-electron chi connectivity index (χ4n) is 3.05. The van der Waals surface area contributed by atoms with E-state index < -0.39 is 0 Å². The van der Waals surface area contributed by atoms with Gasteiger partial charge in [0.15, 0.2) is 17.0 Å². The number of carbonyl (C=O) groups is 1. The van der Waals surface area contributed by atoms with Crippen molar-refractivity contribution in [3.8, 4) is 12.0 Å². The molecule has 3 rings (SSSR count). The SMILES string of the molecule is CCCCOc1nc(N)c2nc(OC)n(CCNc3cccc(CC(=O)OC)c3)c2n1. The number of nitrogens with one attached hydrogen (secondary N) is 1. The third-order valence-corrected chi connectivity index (χ3v) is 4.65. The second kappa shape index (κ2) is 10.5. The number of nitrogen functional groups attached to an aromatic ring is 1. The Morgan fingerprint density at radius 3 is 2.81 bits per heavy atom. The number of anilines is 2. The summed E-state index contributed by atoms with van der Waals surface area (Å²) < 4.78 is 17.6. The van der Waals surface area contributed by atoms with Gasteiger partial charge in [-0.05, 0) is 24.1 Å². The normalized spacial score (nSPS) is 10.8. The standard InChI is InChI=1S/C21H28N6O4/c1-4-5-11-31-20-25-18(22)17-19(26-20)27(21(24-17)30-3)10-9-23-15-8-6-7-14(12-15)13-16(28)29-2/h6-8,12,23H,4-5,9-11,13H2,1-3H3,(H2,22,25,26). The molecular weight excluding hydrogens is 400 g/mol. The highest BCUT2D eigenvalue weighted by Crippen LogP contribution is 2.25. The third-order valence-electron chi connectivity index (χ3n) is 4.65. The van der Waals surface area contributed by atoms with Gasteiger partial charge >= 0.3 is 12.0 Å². The molecule has 0 atom stereocenters. The molecule has 10 nitrogen and oxygen atoms in total. The van der Waals surface area contributed by atoms with Crippen LogP contribution >= 0.6 is 0 Å². The van der Waals surface area contributed by atoms with Crippen LogP contribution in [0.15, 0.2) is 24.3 Å². The van der Waals surface area contributed by atoms with Gasteiger partial charge in [-0.25, -0.2) is 0 Å². The largest absolute Gasteiger partial charge is 0.469 e. The highest BCUT2D eigenvalue weighted by atomic mass is 16.5. The summed E-state index contributed by atoms with van der Waals surface area (Å²) in [5.74, 6) is -0.0296. The van der Waals surface area contributed by atoms with Gasteiger partial charge in [0.1, 0.15) is 0 Å². The van der Waals surface area contributed by atoms with Gasteiger partial charge < -0.3 is 25.3 Å². The second-order valence-corrected chi connectivity index (χ2v) is 6.90. The lowest BCUT2D eigenvalue weighted by atomic mass is 10.1. The lowest BCUT2D eigenvalue weighted by Gasteiger charge is -2.11. The Morgan fingerprint density at radius 1 is 1.23 bits per heavy atom. The summed E-state index contributed by atoms with van der Waals surface area (Å²) >= 11 is 0. The van der Waals surface area contributed by atoms with Gasteiger partial charge in [0.25, 0.3) is 6.01 Å². The van der Waals surface area contributed by atoms with Gasteiger partial charge in [-0.1, -0.05) is 25.5 Å². The Labute approximate surface area is 180 Å². The van der Waals surface area contributed by atoms with Crippen LogP contribution in [-0.2, 0) is 22.5 Å². The number of unbranched alkanes of at least 4 members (excludes halogenated alkanes) is 1. The van der Waals surface area contributed by atoms with Crippen molar-refractivity contribution in [2.75, 3.05) is 38.4 Å². The minimum Gasteiger partial charge on any atom is -0.469 e. The number of ether oxygens (including phenoxy) is 3. The van der Waals surface area contributed by atoms with Crippen LogP contribution in [0.2, 0.25) is 0 Å². The Kier molecular flexibility index (Phi) is 7.47. The quantitative estimate of drug-likeness (QED) is 0.350. The van der Waals surface area contributed by atoms with E-state index in [4.69, 9.17) is 19.9 Å². The predicted octanol–water partition coefficient (Wildman–Crippen LogP) is 2.42. The molecule has 0 saturated carbocycles. The van der Waals surface area contributed by atoms with Crippen molar-refractivity contribution in [2.45, 2.75) is 32.7 Å². The zero-order valence-electron chi connectivity index (χ0n) is 18.1. The Balaban J connectivity index is 1.74. The molecule has 31 heavy (non-hydrogen) atoms. The van der Waals surface area contributed by atoms with E-state index in [1.54, 1.807) is 7.11 Å². The van der Waals surface area contributed by atoms with Crippen LogP contribution in [-0.4, -0.2) is 52.9 Å². The van der Waals surface area contributed by atoms with Gasteiger partial charge in [-0.2, -0.15) is 15.0 Å². The number of esters is 1. The molecule has 0 aliphatic heterocycles. The molecule has 1 aromatic carbocycles. The molecule has 0 unspecified atom stereocenters. The van der Waals surface area contributed by atoms with Crippen LogP contribution in [0.3, 0.4) is 0 Å². The average Bonchev–Trinajstić information content (AvgIpc) is 3.12. The number of methoxy groups -OCH3 is 2. The van der Waals surface area contributed by atoms with Crippen LogP contribution in [0.5, 0.6) is 12.0 Å². The van der Waals surface area contributed by atoms with E-state index in [0.29, 0.717) is 36.9 Å². The molecule has 0 bridgehead atoms. The number of imidazole rings is 1. The van der Waals surface area contributed by atoms with Crippen molar-refractivity contribution in [1.29, 1.82) is 0 Å². The Hall–Kier alpha value is -3.56. The smallest absolute Gasteiger partial charge is 0.320 e. The molecule has 0 radical (unpaired) electrons. The first kappa shape index (κ1) is 22.1. The van der Waals surface area contributed by atoms with Crippen LogP contribution in [0, 0.1) is 0 Å². The van der Waals surface area contributed by atoms with Crippen molar-refractivity contribution in [3.63, 3.8) is 0 Å². The molecule has 0 fully saturated rings. The lowest BCUT2D eigenvalue weighted by Crippen LogP contribution is -2.13. The summed E-state index contributed by atoms with van der Waals surface area (Å²) in [6.45, 7) is 3.70. The molecule has 0 spiro atoms. The average molecular weight is 428 g/mol. The first-order valence-corrected chi connectivity index (χ1v) is 10.2. The summed E-state index contributed by atoms with van der Waals surface area (Å²) in [5.41, 5.74) is 8.86. The minimum absolute atomic E-state index is 0.225. The van der Waals surface area contributed by atoms with E-state index in [9.17, 15) is 4.79 Å². The van der Waals surface area contributed by atoms with E-state index in [1.807, 2.05) is 28.8 Å². The molecule has 3 aromatic rings. The van der Waals surface area contributed by atoms with Crippen LogP contribution in [0.25, 0.3) is 11.2 Å². The molecule has 2 heterocycles. The molecule has 0 amide bonds. The number of hydrogen-bond acceptors (Lipinski definition) is 9. The Bertz CT molecular complexity index is 1040. The van der Waals surface area contributed by atoms with E-state index in [2.05, 4.69) is 27.2 Å². The molecule has 2 aromatic heterocycles. The fraction of sp³-hybridized carbons (Fsp3) is 0.429. The Morgan fingerprint density at radius 2 is 2.06 bits per heavy atom. The molecule has 0 saturated heterocycles. The fourth-order valence-corrected chi connectivity index (χ4v) is 3.05. The third kappa shape index (κ3) is 5.53. The van der Waals surface area contributed by atoms with Gasteiger partial charge in [-0.15, -0.1) is 0 Å². The first-order chi connectivity index (χ1) is 15.0. The maximum atomic E-state index is 11.5. The summed E-state index contributed by atoms with van der Waals surface area (Å²) in [5, 5.41) is 3.34. The van der Waals surface area contributed by atoms with Crippen LogP contribution in [0.4, 0.5) is 11.5 Å². The summed E-state index contributed by atoms with van der Waals surface area (Å²) in [7, 11) is 2.92. The summed E-state index contributed by atoms with van der Waals surface area (Å²) in [4.78, 5) is 24.6. The van der Waals surface area contributed by atoms with Gasteiger partial charge in [0, 0.05) is 18.8 Å². The first-order valence-electron chi connectivity index (χ1n) is 10.2. The number of rotatable bonds is 11. The number of aromatic nitrogens is 4. The van der Waals surface area contributed by atoms with E-state index >= 15 is 0 Å². The maximum Gasteiger partial charge on any atom is 0.320 e. The van der Waals surface area contributed by atoms with Gasteiger partial charge in [0.05, 0.1) is 27.2 Å². The van der Waals surface area contributed by atoms with E-state index in [0.717, 1.165) is 24.1 Å². The molecular formula is C21H28N6O4. The molecule has 0 aliphatic carbocycles. The zero-order valence-corrected chi connectivity index (χ0v) is 18.1. The van der Waals surface area contributed by atoms with Crippen molar-refractivity contribution < 1.29 is 19.0 Å². The maximum absolute atomic E-state index is 11.5. The summed E-state index contributed by atoms with van der Waals surface area (Å²) in [6.07, 6.45) is 2.14. The topological polar surface area (TPSA) is 126 Å². The highest BCUT2D eigenvalue weighted by molar-refractivity contribution is 5.83. The molecule has 10 heteroatoms. The minimum atomic E-state index is -0.277. The number of benzene rings is 1. The van der Waals surface area contributed by atoms with E-state index in [1.165, 1.54) is 7.11 Å². The molecule has 3 N–H and O–H groups in total. The number of hydrogen-bond donors (Lipinski definition) is 2. The van der Waals surface area contributed by atoms with Gasteiger partial charge in [0.2, 0.25) is 0 Å². The highest BCUT2D eigenvalue weighted by Gasteiger charge is 2.17. The van der Waals surface area contributed by atoms with Crippen molar-refractivity contribution in [2.24, 2.45) is 0 Å². The van der Waals surface area contributed by atoms with Crippen molar-refractivity contribution in [1.82, 2.24) is 19.5 Å². The van der Waals surface area contributed by atoms with Crippen LogP contribution in [0.1, 0.15) is 25.3 Å².